The molecule has 2 unspecified atom stereocenters. The van der Waals surface area contributed by atoms with E-state index in [-0.39, 0.29) is 17.4 Å². The fourth-order valence-electron chi connectivity index (χ4n) is 3.57. The van der Waals surface area contributed by atoms with Crippen LogP contribution in [0.15, 0.2) is 16.8 Å². The van der Waals surface area contributed by atoms with Crippen LogP contribution in [-0.4, -0.2) is 49.9 Å². The van der Waals surface area contributed by atoms with E-state index in [1.54, 1.807) is 11.3 Å². The van der Waals surface area contributed by atoms with Crippen molar-refractivity contribution in [3.63, 3.8) is 0 Å². The van der Waals surface area contributed by atoms with E-state index in [1.165, 1.54) is 6.92 Å². The van der Waals surface area contributed by atoms with E-state index in [1.807, 2.05) is 21.7 Å². The third-order valence-electron chi connectivity index (χ3n) is 5.33. The summed E-state index contributed by atoms with van der Waals surface area (Å²) in [7, 11) is -3.37. The van der Waals surface area contributed by atoms with E-state index in [0.29, 0.717) is 6.54 Å². The maximum absolute atomic E-state index is 12.9. The van der Waals surface area contributed by atoms with E-state index in [9.17, 15) is 13.2 Å². The molecule has 0 aromatic carbocycles. The van der Waals surface area contributed by atoms with Crippen molar-refractivity contribution in [3.8, 4) is 0 Å². The molecule has 5 nitrogen and oxygen atoms in total. The number of hydrogen-bond donors (Lipinski definition) is 1. The highest BCUT2D eigenvalue weighted by Crippen LogP contribution is 2.56. The van der Waals surface area contributed by atoms with Crippen LogP contribution in [0.25, 0.3) is 0 Å². The van der Waals surface area contributed by atoms with Gasteiger partial charge in [-0.05, 0) is 67.1 Å². The third-order valence-corrected chi connectivity index (χ3v) is 7.55. The van der Waals surface area contributed by atoms with Crippen molar-refractivity contribution in [1.82, 2.24) is 10.2 Å². The number of amides is 1. The third kappa shape index (κ3) is 3.46. The van der Waals surface area contributed by atoms with E-state index in [2.05, 4.69) is 5.32 Å². The Hall–Kier alpha value is -0.920. The van der Waals surface area contributed by atoms with Crippen LogP contribution in [0.5, 0.6) is 0 Å². The van der Waals surface area contributed by atoms with Gasteiger partial charge in [-0.15, -0.1) is 0 Å². The summed E-state index contributed by atoms with van der Waals surface area (Å²) in [5.74, 6) is -0.251. The van der Waals surface area contributed by atoms with E-state index in [0.717, 1.165) is 44.2 Å². The summed E-state index contributed by atoms with van der Waals surface area (Å²) < 4.78 is 23.7. The fourth-order valence-corrected chi connectivity index (χ4v) is 4.73. The molecule has 1 N–H and O–H groups in total. The first-order valence-corrected chi connectivity index (χ1v) is 10.9. The molecule has 23 heavy (non-hydrogen) atoms. The van der Waals surface area contributed by atoms with Crippen molar-refractivity contribution in [1.29, 1.82) is 0 Å². The van der Waals surface area contributed by atoms with Gasteiger partial charge in [-0.25, -0.2) is 8.42 Å². The minimum atomic E-state index is -3.37. The molecule has 1 spiro atoms. The first-order valence-electron chi connectivity index (χ1n) is 8.05. The Balaban J connectivity index is 1.81. The van der Waals surface area contributed by atoms with Gasteiger partial charge < -0.3 is 10.2 Å². The van der Waals surface area contributed by atoms with E-state index >= 15 is 0 Å². The smallest absolute Gasteiger partial charge is 0.241 e. The van der Waals surface area contributed by atoms with Gasteiger partial charge in [0.2, 0.25) is 5.91 Å². The number of nitrogens with zero attached hydrogens (tertiary/aromatic N) is 1. The van der Waals surface area contributed by atoms with Crippen molar-refractivity contribution in [2.75, 3.05) is 19.3 Å². The van der Waals surface area contributed by atoms with Crippen LogP contribution in [0.4, 0.5) is 0 Å². The molecule has 2 atom stereocenters. The first-order chi connectivity index (χ1) is 10.8. The topological polar surface area (TPSA) is 66.5 Å². The predicted molar refractivity (Wildman–Crippen MR) is 92.1 cm³/mol. The molecule has 1 aliphatic heterocycles. The van der Waals surface area contributed by atoms with Crippen molar-refractivity contribution in [2.24, 2.45) is 5.41 Å². The van der Waals surface area contributed by atoms with Crippen LogP contribution < -0.4 is 5.32 Å². The number of sulfone groups is 1. The van der Waals surface area contributed by atoms with Crippen molar-refractivity contribution in [3.05, 3.63) is 22.4 Å². The molecular formula is C16H24N2O3S2. The lowest BCUT2D eigenvalue weighted by Crippen LogP contribution is -2.44. The van der Waals surface area contributed by atoms with Gasteiger partial charge in [0.1, 0.15) is 5.25 Å². The average Bonchev–Trinajstić information content (AvgIpc) is 2.96. The number of carbonyl (C=O) groups excluding carboxylic acids is 1. The number of thiophene rings is 1. The zero-order chi connectivity index (χ0) is 16.7. The van der Waals surface area contributed by atoms with Gasteiger partial charge in [0.05, 0.1) is 0 Å². The molecule has 1 saturated heterocycles. The highest BCUT2D eigenvalue weighted by molar-refractivity contribution is 7.92. The molecule has 3 rings (SSSR count). The lowest BCUT2D eigenvalue weighted by molar-refractivity contribution is -0.132. The van der Waals surface area contributed by atoms with Gasteiger partial charge in [-0.3, -0.25) is 4.79 Å². The average molecular weight is 357 g/mol. The lowest BCUT2D eigenvalue weighted by Gasteiger charge is -2.31. The molecule has 1 aliphatic carbocycles. The molecule has 2 fully saturated rings. The molecule has 1 saturated carbocycles. The van der Waals surface area contributed by atoms with Crippen LogP contribution in [0.3, 0.4) is 0 Å². The van der Waals surface area contributed by atoms with Crippen LogP contribution in [-0.2, 0) is 21.2 Å². The molecule has 2 heterocycles. The fraction of sp³-hybridized carbons (Fsp3) is 0.688. The molecule has 2 aliphatic rings. The summed E-state index contributed by atoms with van der Waals surface area (Å²) >= 11 is 1.60. The monoisotopic (exact) mass is 356 g/mol. The summed E-state index contributed by atoms with van der Waals surface area (Å²) in [5, 5.41) is 6.41. The van der Waals surface area contributed by atoms with Gasteiger partial charge in [0.15, 0.2) is 9.84 Å². The van der Waals surface area contributed by atoms with Gasteiger partial charge >= 0.3 is 0 Å². The number of carbonyl (C=O) groups is 1. The maximum atomic E-state index is 12.9. The molecular weight excluding hydrogens is 332 g/mol. The summed E-state index contributed by atoms with van der Waals surface area (Å²) in [5.41, 5.74) is 1.29. The van der Waals surface area contributed by atoms with E-state index < -0.39 is 15.1 Å². The summed E-state index contributed by atoms with van der Waals surface area (Å²) in [6.45, 7) is 4.00. The Morgan fingerprint density at radius 1 is 1.48 bits per heavy atom. The zero-order valence-electron chi connectivity index (χ0n) is 13.6. The molecule has 128 valence electrons. The second-order valence-electron chi connectivity index (χ2n) is 6.90. The maximum Gasteiger partial charge on any atom is 0.241 e. The normalized spacial score (nSPS) is 24.3. The van der Waals surface area contributed by atoms with Crippen molar-refractivity contribution in [2.45, 2.75) is 44.0 Å². The Bertz CT molecular complexity index is 664. The quantitative estimate of drug-likeness (QED) is 0.871. The predicted octanol–water partition coefficient (Wildman–Crippen LogP) is 1.65. The number of nitrogens with one attached hydrogen (secondary N) is 1. The van der Waals surface area contributed by atoms with Gasteiger partial charge in [-0.2, -0.15) is 11.3 Å². The Labute approximate surface area is 142 Å². The highest BCUT2D eigenvalue weighted by Gasteiger charge is 2.58. The minimum Gasteiger partial charge on any atom is -0.334 e. The lowest BCUT2D eigenvalue weighted by atomic mass is 9.93. The van der Waals surface area contributed by atoms with Gasteiger partial charge in [0.25, 0.3) is 0 Å². The molecule has 1 aromatic rings. The summed E-state index contributed by atoms with van der Waals surface area (Å²) in [6.07, 6.45) is 4.28. The Morgan fingerprint density at radius 3 is 2.74 bits per heavy atom. The van der Waals surface area contributed by atoms with E-state index in [4.69, 9.17) is 0 Å². The number of hydrogen-bond acceptors (Lipinski definition) is 5. The zero-order valence-corrected chi connectivity index (χ0v) is 15.3. The standard InChI is InChI=1S/C16H24N2O3S2/c1-12(23(2,20)21)15(19)18(10-13-3-8-22-11-13)14-9-16(14)4-6-17-7-5-16/h3,8,11-12,14,17H,4-7,9-10H2,1-2H3. The van der Waals surface area contributed by atoms with Crippen molar-refractivity contribution < 1.29 is 13.2 Å². The summed E-state index contributed by atoms with van der Waals surface area (Å²) in [4.78, 5) is 14.7. The molecule has 7 heteroatoms. The van der Waals surface area contributed by atoms with Crippen LogP contribution in [0.1, 0.15) is 31.7 Å². The second-order valence-corrected chi connectivity index (χ2v) is 10.0. The SMILES string of the molecule is CC(C(=O)N(Cc1ccsc1)C1CC12CCNCC2)S(C)(=O)=O. The molecule has 1 aromatic heterocycles. The molecule has 1 amide bonds. The first kappa shape index (κ1) is 16.9. The second kappa shape index (κ2) is 6.18. The minimum absolute atomic E-state index is 0.182. The highest BCUT2D eigenvalue weighted by atomic mass is 32.2. The number of piperidine rings is 1. The molecule has 0 bridgehead atoms. The largest absolute Gasteiger partial charge is 0.334 e. The Kier molecular flexibility index (Phi) is 4.55. The number of rotatable bonds is 5. The van der Waals surface area contributed by atoms with Crippen LogP contribution in [0, 0.1) is 5.41 Å². The van der Waals surface area contributed by atoms with Gasteiger partial charge in [0, 0.05) is 18.8 Å². The van der Waals surface area contributed by atoms with Gasteiger partial charge in [-0.1, -0.05) is 0 Å². The summed E-state index contributed by atoms with van der Waals surface area (Å²) in [6, 6.07) is 2.19. The van der Waals surface area contributed by atoms with Crippen LogP contribution in [0.2, 0.25) is 0 Å². The molecule has 0 radical (unpaired) electrons. The van der Waals surface area contributed by atoms with Crippen molar-refractivity contribution >= 4 is 27.1 Å². The van der Waals surface area contributed by atoms with Crippen LogP contribution >= 0.6 is 11.3 Å². The Morgan fingerprint density at radius 2 is 2.17 bits per heavy atom.